The van der Waals surface area contributed by atoms with E-state index in [1.165, 1.54) is 43.5 Å². The molecule has 1 saturated heterocycles. The van der Waals surface area contributed by atoms with Crippen LogP contribution < -0.4 is 4.31 Å². The van der Waals surface area contributed by atoms with E-state index in [0.29, 0.717) is 5.02 Å². The van der Waals surface area contributed by atoms with Crippen molar-refractivity contribution in [3.8, 4) is 0 Å². The molecule has 200 valence electrons. The van der Waals surface area contributed by atoms with Gasteiger partial charge in [0, 0.05) is 11.1 Å². The van der Waals surface area contributed by atoms with Crippen molar-refractivity contribution in [3.63, 3.8) is 0 Å². The molecule has 0 aromatic heterocycles. The second-order valence-corrected chi connectivity index (χ2v) is 11.5. The van der Waals surface area contributed by atoms with Crippen molar-refractivity contribution in [1.82, 2.24) is 4.90 Å². The number of nitrogens with zero attached hydrogens (tertiary/aromatic N) is 2. The second kappa shape index (κ2) is 13.1. The number of aryl methyl sites for hydroxylation is 1. The molecule has 1 aliphatic rings. The molecule has 1 atom stereocenters. The van der Waals surface area contributed by atoms with E-state index in [1.54, 1.807) is 6.92 Å². The van der Waals surface area contributed by atoms with E-state index in [1.807, 2.05) is 24.3 Å². The lowest BCUT2D eigenvalue weighted by atomic mass is 9.97. The third kappa shape index (κ3) is 7.02. The van der Waals surface area contributed by atoms with Crippen molar-refractivity contribution >= 4 is 39.7 Å². The Labute approximate surface area is 229 Å². The predicted octanol–water partition coefficient (Wildman–Crippen LogP) is 7.42. The van der Waals surface area contributed by atoms with Crippen LogP contribution >= 0.6 is 24.0 Å². The summed E-state index contributed by atoms with van der Waals surface area (Å²) in [6.45, 7) is 4.92. The first kappa shape index (κ1) is 29.4. The maximum Gasteiger partial charge on any atom is 0.264 e. The highest BCUT2D eigenvalue weighted by Gasteiger charge is 2.33. The van der Waals surface area contributed by atoms with Crippen LogP contribution in [0.15, 0.2) is 71.6 Å². The van der Waals surface area contributed by atoms with Gasteiger partial charge < -0.3 is 4.90 Å². The summed E-state index contributed by atoms with van der Waals surface area (Å²) in [5.74, 6) is -1.53. The summed E-state index contributed by atoms with van der Waals surface area (Å²) in [5, 5.41) is 0.379. The molecule has 1 aliphatic heterocycles. The standard InChI is InChI=1S/C28H31ClF2N2O2S.ClH/c1-21(26-10-4-3-8-22(26)9-7-19-32-17-5-2-6-18-32)33(28-20-24(30)13-16-27(28)31)36(34,35)25-14-11-23(29)12-15-25;/h3-4,8,10-16,20-21H,2,5-7,9,17-19H2,1H3;1H/t21-;/m1./s1. The number of anilines is 1. The van der Waals surface area contributed by atoms with Crippen molar-refractivity contribution in [2.75, 3.05) is 23.9 Å². The summed E-state index contributed by atoms with van der Waals surface area (Å²) in [5.41, 5.74) is 1.42. The first-order chi connectivity index (χ1) is 17.3. The van der Waals surface area contributed by atoms with Gasteiger partial charge in [0.15, 0.2) is 0 Å². The average molecular weight is 570 g/mol. The number of rotatable bonds is 9. The molecule has 0 radical (unpaired) electrons. The number of hydrogen-bond acceptors (Lipinski definition) is 3. The second-order valence-electron chi connectivity index (χ2n) is 9.23. The molecule has 0 saturated carbocycles. The third-order valence-electron chi connectivity index (χ3n) is 6.74. The molecule has 0 bridgehead atoms. The van der Waals surface area contributed by atoms with Gasteiger partial charge in [0.25, 0.3) is 10.0 Å². The number of hydrogen-bond donors (Lipinski definition) is 0. The summed E-state index contributed by atoms with van der Waals surface area (Å²) >= 11 is 5.97. The lowest BCUT2D eigenvalue weighted by Crippen LogP contribution is -2.35. The lowest BCUT2D eigenvalue weighted by molar-refractivity contribution is 0.226. The molecule has 0 spiro atoms. The van der Waals surface area contributed by atoms with Gasteiger partial charge in [-0.2, -0.15) is 0 Å². The monoisotopic (exact) mass is 568 g/mol. The van der Waals surface area contributed by atoms with Gasteiger partial charge in [-0.15, -0.1) is 12.4 Å². The van der Waals surface area contributed by atoms with Crippen LogP contribution in [0, 0.1) is 11.6 Å². The first-order valence-electron chi connectivity index (χ1n) is 12.3. The fraction of sp³-hybridized carbons (Fsp3) is 0.357. The van der Waals surface area contributed by atoms with Crippen LogP contribution in [0.2, 0.25) is 5.02 Å². The van der Waals surface area contributed by atoms with Crippen molar-refractivity contribution < 1.29 is 17.2 Å². The summed E-state index contributed by atoms with van der Waals surface area (Å²) < 4.78 is 57.9. The fourth-order valence-electron chi connectivity index (χ4n) is 4.89. The molecule has 0 amide bonds. The van der Waals surface area contributed by atoms with Crippen molar-refractivity contribution in [2.45, 2.75) is 50.0 Å². The van der Waals surface area contributed by atoms with Crippen LogP contribution in [0.3, 0.4) is 0 Å². The van der Waals surface area contributed by atoms with Crippen LogP contribution in [0.25, 0.3) is 0 Å². The van der Waals surface area contributed by atoms with Crippen LogP contribution in [0.1, 0.15) is 49.8 Å². The number of halogens is 4. The molecule has 4 nitrogen and oxygen atoms in total. The van der Waals surface area contributed by atoms with Crippen molar-refractivity contribution in [1.29, 1.82) is 0 Å². The Morgan fingerprint density at radius 3 is 2.35 bits per heavy atom. The minimum absolute atomic E-state index is 0. The Kier molecular flexibility index (Phi) is 10.4. The zero-order valence-corrected chi connectivity index (χ0v) is 23.1. The largest absolute Gasteiger partial charge is 0.303 e. The maximum absolute atomic E-state index is 15.0. The molecule has 4 rings (SSSR count). The van der Waals surface area contributed by atoms with E-state index < -0.39 is 27.7 Å². The Balaban J connectivity index is 0.00000380. The highest BCUT2D eigenvalue weighted by molar-refractivity contribution is 7.92. The van der Waals surface area contributed by atoms with Gasteiger partial charge in [-0.1, -0.05) is 42.3 Å². The fourth-order valence-corrected chi connectivity index (χ4v) is 6.65. The van der Waals surface area contributed by atoms with Gasteiger partial charge in [-0.3, -0.25) is 4.31 Å². The third-order valence-corrected chi connectivity index (χ3v) is 8.89. The molecule has 1 fully saturated rings. The zero-order chi connectivity index (χ0) is 25.7. The quantitative estimate of drug-likeness (QED) is 0.269. The maximum atomic E-state index is 15.0. The number of likely N-dealkylation sites (tertiary alicyclic amines) is 1. The Morgan fingerprint density at radius 2 is 1.65 bits per heavy atom. The van der Waals surface area contributed by atoms with Crippen LogP contribution in [0.5, 0.6) is 0 Å². The predicted molar refractivity (Wildman–Crippen MR) is 148 cm³/mol. The van der Waals surface area contributed by atoms with Gasteiger partial charge in [0.1, 0.15) is 11.6 Å². The topological polar surface area (TPSA) is 40.6 Å². The Hall–Kier alpha value is -2.19. The molecule has 0 unspecified atom stereocenters. The first-order valence-corrected chi connectivity index (χ1v) is 14.1. The molecular weight excluding hydrogens is 537 g/mol. The SMILES string of the molecule is C[C@H](c1ccccc1CCCN1CCCCC1)N(c1cc(F)ccc1F)S(=O)(=O)c1ccc(Cl)cc1.Cl. The van der Waals surface area contributed by atoms with E-state index in [-0.39, 0.29) is 23.0 Å². The Bertz CT molecular complexity index is 1280. The zero-order valence-electron chi connectivity index (χ0n) is 20.7. The molecular formula is C28H32Cl2F2N2O2S. The van der Waals surface area contributed by atoms with Gasteiger partial charge in [-0.05, 0) is 99.8 Å². The van der Waals surface area contributed by atoms with Gasteiger partial charge >= 0.3 is 0 Å². The van der Waals surface area contributed by atoms with E-state index >= 15 is 4.39 Å². The molecule has 0 aliphatic carbocycles. The molecule has 9 heteroatoms. The van der Waals surface area contributed by atoms with Gasteiger partial charge in [0.05, 0.1) is 16.6 Å². The van der Waals surface area contributed by atoms with Crippen molar-refractivity contribution in [3.05, 3.63) is 94.5 Å². The molecule has 3 aromatic rings. The molecule has 1 heterocycles. The highest BCUT2D eigenvalue weighted by Crippen LogP contribution is 2.37. The van der Waals surface area contributed by atoms with Gasteiger partial charge in [0.2, 0.25) is 0 Å². The normalized spacial score (nSPS) is 15.1. The summed E-state index contributed by atoms with van der Waals surface area (Å²) in [4.78, 5) is 2.42. The van der Waals surface area contributed by atoms with Gasteiger partial charge in [-0.25, -0.2) is 17.2 Å². The summed E-state index contributed by atoms with van der Waals surface area (Å²) in [7, 11) is -4.25. The molecule has 37 heavy (non-hydrogen) atoms. The lowest BCUT2D eigenvalue weighted by Gasteiger charge is -2.32. The van der Waals surface area contributed by atoms with E-state index in [4.69, 9.17) is 11.6 Å². The van der Waals surface area contributed by atoms with E-state index in [0.717, 1.165) is 66.1 Å². The Morgan fingerprint density at radius 1 is 0.973 bits per heavy atom. The van der Waals surface area contributed by atoms with Crippen molar-refractivity contribution in [2.24, 2.45) is 0 Å². The van der Waals surface area contributed by atoms with Crippen LogP contribution in [0.4, 0.5) is 14.5 Å². The minimum atomic E-state index is -4.25. The number of piperidine rings is 1. The number of benzene rings is 3. The smallest absolute Gasteiger partial charge is 0.264 e. The highest BCUT2D eigenvalue weighted by atomic mass is 35.5. The van der Waals surface area contributed by atoms with Crippen LogP contribution in [-0.2, 0) is 16.4 Å². The summed E-state index contributed by atoms with van der Waals surface area (Å²) in [6.07, 6.45) is 5.43. The summed E-state index contributed by atoms with van der Waals surface area (Å²) in [6, 6.07) is 15.4. The average Bonchev–Trinajstić information content (AvgIpc) is 2.87. The number of sulfonamides is 1. The van der Waals surface area contributed by atoms with E-state index in [9.17, 15) is 12.8 Å². The molecule has 3 aromatic carbocycles. The minimum Gasteiger partial charge on any atom is -0.303 e. The molecule has 0 N–H and O–H groups in total. The van der Waals surface area contributed by atoms with E-state index in [2.05, 4.69) is 4.90 Å². The van der Waals surface area contributed by atoms with Crippen LogP contribution in [-0.4, -0.2) is 33.0 Å².